The molecule has 0 aliphatic carbocycles. The Morgan fingerprint density at radius 2 is 1.94 bits per heavy atom. The van der Waals surface area contributed by atoms with Gasteiger partial charge in [-0.1, -0.05) is 6.92 Å². The van der Waals surface area contributed by atoms with E-state index in [-0.39, 0.29) is 12.5 Å². The van der Waals surface area contributed by atoms with Gasteiger partial charge in [0.2, 0.25) is 0 Å². The van der Waals surface area contributed by atoms with Gasteiger partial charge in [0.25, 0.3) is 0 Å². The van der Waals surface area contributed by atoms with E-state index in [9.17, 15) is 13.2 Å². The van der Waals surface area contributed by atoms with Gasteiger partial charge in [-0.2, -0.15) is 13.2 Å². The first kappa shape index (κ1) is 16.7. The van der Waals surface area contributed by atoms with Crippen molar-refractivity contribution in [3.63, 3.8) is 0 Å². The van der Waals surface area contributed by atoms with Crippen molar-refractivity contribution in [3.05, 3.63) is 0 Å². The normalized spacial score (nSPS) is 13.9. The van der Waals surface area contributed by atoms with Crippen molar-refractivity contribution in [1.82, 2.24) is 5.32 Å². The summed E-state index contributed by atoms with van der Waals surface area (Å²) in [4.78, 5) is 0. The second kappa shape index (κ2) is 9.67. The van der Waals surface area contributed by atoms with Crippen LogP contribution in [0, 0.1) is 0 Å². The Balaban J connectivity index is 3.79. The summed E-state index contributed by atoms with van der Waals surface area (Å²) in [6.45, 7) is 3.84. The molecular formula is C11H22F3NO2. The zero-order chi connectivity index (χ0) is 13.1. The number of rotatable bonds is 10. The number of halogens is 3. The number of methoxy groups -OCH3 is 1. The van der Waals surface area contributed by atoms with Crippen LogP contribution < -0.4 is 5.32 Å². The average Bonchev–Trinajstić information content (AvgIpc) is 2.25. The molecule has 0 spiro atoms. The minimum atomic E-state index is -4.10. The Morgan fingerprint density at radius 3 is 2.47 bits per heavy atom. The molecule has 0 rings (SSSR count). The molecule has 17 heavy (non-hydrogen) atoms. The topological polar surface area (TPSA) is 30.5 Å². The highest BCUT2D eigenvalue weighted by Gasteiger charge is 2.28. The van der Waals surface area contributed by atoms with E-state index in [1.807, 2.05) is 6.92 Å². The number of ether oxygens (including phenoxy) is 2. The highest BCUT2D eigenvalue weighted by atomic mass is 19.4. The zero-order valence-electron chi connectivity index (χ0n) is 10.5. The van der Waals surface area contributed by atoms with Crippen molar-refractivity contribution < 1.29 is 22.6 Å². The number of hydrogen-bond acceptors (Lipinski definition) is 3. The highest BCUT2D eigenvalue weighted by Crippen LogP contribution is 2.22. The monoisotopic (exact) mass is 257 g/mol. The van der Waals surface area contributed by atoms with Crippen molar-refractivity contribution in [2.45, 2.75) is 38.4 Å². The summed E-state index contributed by atoms with van der Waals surface area (Å²) < 4.78 is 46.3. The molecule has 1 unspecified atom stereocenters. The fourth-order valence-electron chi connectivity index (χ4n) is 1.30. The Kier molecular flexibility index (Phi) is 9.49. The average molecular weight is 257 g/mol. The predicted molar refractivity (Wildman–Crippen MR) is 60.1 cm³/mol. The van der Waals surface area contributed by atoms with E-state index in [0.29, 0.717) is 26.4 Å². The van der Waals surface area contributed by atoms with Crippen LogP contribution in [0.25, 0.3) is 0 Å². The van der Waals surface area contributed by atoms with Gasteiger partial charge < -0.3 is 14.8 Å². The van der Waals surface area contributed by atoms with Gasteiger partial charge in [-0.25, -0.2) is 0 Å². The van der Waals surface area contributed by atoms with Crippen LogP contribution in [0.15, 0.2) is 0 Å². The first-order valence-electron chi connectivity index (χ1n) is 5.86. The standard InChI is InChI=1S/C11H22F3NO2/c1-3-6-15-10(4-5-11(12,13)14)9-17-8-7-16-2/h10,15H,3-9H2,1-2H3. The van der Waals surface area contributed by atoms with Gasteiger partial charge in [0, 0.05) is 19.6 Å². The molecule has 0 saturated carbocycles. The van der Waals surface area contributed by atoms with E-state index in [2.05, 4.69) is 5.32 Å². The number of alkyl halides is 3. The number of hydrogen-bond donors (Lipinski definition) is 1. The highest BCUT2D eigenvalue weighted by molar-refractivity contribution is 4.68. The molecule has 0 aliphatic rings. The van der Waals surface area contributed by atoms with Crippen LogP contribution in [0.3, 0.4) is 0 Å². The van der Waals surface area contributed by atoms with E-state index in [0.717, 1.165) is 6.42 Å². The van der Waals surface area contributed by atoms with Crippen LogP contribution in [0.2, 0.25) is 0 Å². The summed E-state index contributed by atoms with van der Waals surface area (Å²) in [6.07, 6.45) is -3.93. The Bertz CT molecular complexity index is 177. The summed E-state index contributed by atoms with van der Waals surface area (Å²) in [6, 6.07) is -0.242. The molecule has 3 nitrogen and oxygen atoms in total. The van der Waals surface area contributed by atoms with Crippen molar-refractivity contribution >= 4 is 0 Å². The molecule has 0 saturated heterocycles. The minimum Gasteiger partial charge on any atom is -0.382 e. The van der Waals surface area contributed by atoms with Crippen LogP contribution in [0.4, 0.5) is 13.2 Å². The Morgan fingerprint density at radius 1 is 1.24 bits per heavy atom. The fourth-order valence-corrected chi connectivity index (χ4v) is 1.30. The van der Waals surface area contributed by atoms with Gasteiger partial charge in [-0.05, 0) is 19.4 Å². The maximum absolute atomic E-state index is 12.1. The molecule has 0 bridgehead atoms. The fraction of sp³-hybridized carbons (Fsp3) is 1.00. The van der Waals surface area contributed by atoms with E-state index in [4.69, 9.17) is 9.47 Å². The molecule has 0 aliphatic heterocycles. The quantitative estimate of drug-likeness (QED) is 0.609. The molecule has 0 aromatic carbocycles. The van der Waals surface area contributed by atoms with Crippen LogP contribution in [0.1, 0.15) is 26.2 Å². The molecule has 6 heteroatoms. The van der Waals surface area contributed by atoms with Gasteiger partial charge >= 0.3 is 6.18 Å². The lowest BCUT2D eigenvalue weighted by molar-refractivity contribution is -0.137. The van der Waals surface area contributed by atoms with Crippen LogP contribution in [0.5, 0.6) is 0 Å². The lowest BCUT2D eigenvalue weighted by atomic mass is 10.1. The molecule has 0 radical (unpaired) electrons. The SMILES string of the molecule is CCCNC(CCC(F)(F)F)COCCOC. The smallest absolute Gasteiger partial charge is 0.382 e. The maximum Gasteiger partial charge on any atom is 0.389 e. The van der Waals surface area contributed by atoms with Gasteiger partial charge in [0.05, 0.1) is 19.8 Å². The third-order valence-corrected chi connectivity index (χ3v) is 2.21. The van der Waals surface area contributed by atoms with E-state index in [1.165, 1.54) is 0 Å². The second-order valence-corrected chi connectivity index (χ2v) is 3.87. The van der Waals surface area contributed by atoms with Gasteiger partial charge in [0.15, 0.2) is 0 Å². The summed E-state index contributed by atoms with van der Waals surface area (Å²) in [7, 11) is 1.56. The Labute approximate surface area is 101 Å². The van der Waals surface area contributed by atoms with Crippen LogP contribution in [-0.4, -0.2) is 45.7 Å². The molecule has 0 fully saturated rings. The first-order chi connectivity index (χ1) is 7.99. The molecule has 0 aromatic rings. The predicted octanol–water partition coefficient (Wildman–Crippen LogP) is 2.36. The van der Waals surface area contributed by atoms with Gasteiger partial charge in [-0.15, -0.1) is 0 Å². The second-order valence-electron chi connectivity index (χ2n) is 3.87. The van der Waals surface area contributed by atoms with E-state index in [1.54, 1.807) is 7.11 Å². The van der Waals surface area contributed by atoms with Crippen molar-refractivity contribution in [3.8, 4) is 0 Å². The lowest BCUT2D eigenvalue weighted by Crippen LogP contribution is -2.35. The zero-order valence-corrected chi connectivity index (χ0v) is 10.5. The first-order valence-corrected chi connectivity index (χ1v) is 5.86. The van der Waals surface area contributed by atoms with Crippen molar-refractivity contribution in [2.75, 3.05) is 33.5 Å². The maximum atomic E-state index is 12.1. The molecule has 0 amide bonds. The summed E-state index contributed by atoms with van der Waals surface area (Å²) >= 11 is 0. The Hall–Kier alpha value is -0.330. The van der Waals surface area contributed by atoms with Crippen LogP contribution in [-0.2, 0) is 9.47 Å². The third kappa shape index (κ3) is 11.9. The van der Waals surface area contributed by atoms with Crippen molar-refractivity contribution in [1.29, 1.82) is 0 Å². The van der Waals surface area contributed by atoms with E-state index < -0.39 is 12.6 Å². The van der Waals surface area contributed by atoms with E-state index >= 15 is 0 Å². The lowest BCUT2D eigenvalue weighted by Gasteiger charge is -2.19. The molecule has 104 valence electrons. The minimum absolute atomic E-state index is 0.0521. The molecule has 0 aromatic heterocycles. The summed E-state index contributed by atoms with van der Waals surface area (Å²) in [5.41, 5.74) is 0. The summed E-state index contributed by atoms with van der Waals surface area (Å²) in [5, 5.41) is 3.05. The molecule has 1 atom stereocenters. The summed E-state index contributed by atoms with van der Waals surface area (Å²) in [5.74, 6) is 0. The van der Waals surface area contributed by atoms with Crippen molar-refractivity contribution in [2.24, 2.45) is 0 Å². The molecular weight excluding hydrogens is 235 g/mol. The number of nitrogens with one attached hydrogen (secondary N) is 1. The van der Waals surface area contributed by atoms with Gasteiger partial charge in [-0.3, -0.25) is 0 Å². The molecule has 0 heterocycles. The third-order valence-electron chi connectivity index (χ3n) is 2.21. The molecule has 1 N–H and O–H groups in total. The largest absolute Gasteiger partial charge is 0.389 e. The van der Waals surface area contributed by atoms with Crippen LogP contribution >= 0.6 is 0 Å². The van der Waals surface area contributed by atoms with Gasteiger partial charge in [0.1, 0.15) is 0 Å².